The summed E-state index contributed by atoms with van der Waals surface area (Å²) in [5, 5.41) is 11.4. The van der Waals surface area contributed by atoms with Crippen LogP contribution in [0.1, 0.15) is 22.8 Å². The lowest BCUT2D eigenvalue weighted by Crippen LogP contribution is -2.01. The molecule has 1 atom stereocenters. The van der Waals surface area contributed by atoms with E-state index in [1.165, 1.54) is 6.07 Å². The fourth-order valence-corrected chi connectivity index (χ4v) is 2.23. The fourth-order valence-electron chi connectivity index (χ4n) is 2.23. The van der Waals surface area contributed by atoms with E-state index in [0.717, 1.165) is 10.9 Å². The van der Waals surface area contributed by atoms with Crippen LogP contribution in [0.25, 0.3) is 10.9 Å². The molecule has 3 heteroatoms. The number of hydrogen-bond acceptors (Lipinski definition) is 2. The average molecular weight is 267 g/mol. The van der Waals surface area contributed by atoms with Crippen molar-refractivity contribution in [2.45, 2.75) is 13.0 Å². The summed E-state index contributed by atoms with van der Waals surface area (Å²) in [4.78, 5) is 4.26. The maximum atomic E-state index is 13.6. The van der Waals surface area contributed by atoms with Crippen LogP contribution in [0.15, 0.2) is 54.7 Å². The van der Waals surface area contributed by atoms with Crippen molar-refractivity contribution < 1.29 is 9.50 Å². The number of aryl methyl sites for hydroxylation is 1. The second-order valence-electron chi connectivity index (χ2n) is 4.87. The second-order valence-corrected chi connectivity index (χ2v) is 4.87. The van der Waals surface area contributed by atoms with Crippen molar-refractivity contribution in [2.75, 3.05) is 0 Å². The van der Waals surface area contributed by atoms with Crippen LogP contribution in [0.5, 0.6) is 0 Å². The van der Waals surface area contributed by atoms with Crippen molar-refractivity contribution in [3.63, 3.8) is 0 Å². The highest BCUT2D eigenvalue weighted by Crippen LogP contribution is 2.25. The fraction of sp³-hybridized carbons (Fsp3) is 0.118. The van der Waals surface area contributed by atoms with Crippen molar-refractivity contribution >= 4 is 10.9 Å². The minimum absolute atomic E-state index is 0.305. The number of halogens is 1. The van der Waals surface area contributed by atoms with Gasteiger partial charge in [0.1, 0.15) is 11.9 Å². The first-order chi connectivity index (χ1) is 9.65. The number of rotatable bonds is 2. The third-order valence-corrected chi connectivity index (χ3v) is 3.46. The molecule has 0 amide bonds. The van der Waals surface area contributed by atoms with Crippen LogP contribution < -0.4 is 0 Å². The smallest absolute Gasteiger partial charge is 0.126 e. The SMILES string of the molecule is Cc1ccc(C(O)c2ccc3cccnc3c2)cc1F. The summed E-state index contributed by atoms with van der Waals surface area (Å²) < 4.78 is 13.6. The molecule has 20 heavy (non-hydrogen) atoms. The van der Waals surface area contributed by atoms with E-state index in [9.17, 15) is 9.50 Å². The van der Waals surface area contributed by atoms with Crippen molar-refractivity contribution in [1.29, 1.82) is 0 Å². The maximum absolute atomic E-state index is 13.6. The van der Waals surface area contributed by atoms with Gasteiger partial charge in [0.2, 0.25) is 0 Å². The van der Waals surface area contributed by atoms with Gasteiger partial charge in [0.25, 0.3) is 0 Å². The van der Waals surface area contributed by atoms with Crippen LogP contribution >= 0.6 is 0 Å². The van der Waals surface area contributed by atoms with Gasteiger partial charge >= 0.3 is 0 Å². The summed E-state index contributed by atoms with van der Waals surface area (Å²) in [6.07, 6.45) is 0.862. The van der Waals surface area contributed by atoms with Gasteiger partial charge in [-0.15, -0.1) is 0 Å². The third-order valence-electron chi connectivity index (χ3n) is 3.46. The predicted octanol–water partition coefficient (Wildman–Crippen LogP) is 3.76. The minimum Gasteiger partial charge on any atom is -0.384 e. The van der Waals surface area contributed by atoms with Gasteiger partial charge in [0.05, 0.1) is 5.52 Å². The van der Waals surface area contributed by atoms with Gasteiger partial charge in [-0.05, 0) is 41.8 Å². The first kappa shape index (κ1) is 12.8. The molecule has 0 aliphatic carbocycles. The van der Waals surface area contributed by atoms with Crippen LogP contribution in [0, 0.1) is 12.7 Å². The zero-order chi connectivity index (χ0) is 14.1. The van der Waals surface area contributed by atoms with Crippen LogP contribution in [0.3, 0.4) is 0 Å². The van der Waals surface area contributed by atoms with Gasteiger partial charge < -0.3 is 5.11 Å². The van der Waals surface area contributed by atoms with Gasteiger partial charge in [0.15, 0.2) is 0 Å². The van der Waals surface area contributed by atoms with Crippen LogP contribution in [-0.4, -0.2) is 10.1 Å². The van der Waals surface area contributed by atoms with Gasteiger partial charge in [-0.1, -0.05) is 30.3 Å². The molecular formula is C17H14FNO. The zero-order valence-electron chi connectivity index (χ0n) is 11.0. The number of pyridine rings is 1. The van der Waals surface area contributed by atoms with Crippen molar-refractivity contribution in [3.05, 3.63) is 77.2 Å². The largest absolute Gasteiger partial charge is 0.384 e. The molecule has 100 valence electrons. The molecule has 0 radical (unpaired) electrons. The van der Waals surface area contributed by atoms with E-state index >= 15 is 0 Å². The number of benzene rings is 2. The third kappa shape index (κ3) is 2.28. The van der Waals surface area contributed by atoms with E-state index < -0.39 is 6.10 Å². The lowest BCUT2D eigenvalue weighted by atomic mass is 9.99. The molecule has 0 fully saturated rings. The number of aliphatic hydroxyl groups is 1. The molecule has 3 aromatic rings. The van der Waals surface area contributed by atoms with E-state index in [2.05, 4.69) is 4.98 Å². The lowest BCUT2D eigenvalue weighted by molar-refractivity contribution is 0.220. The Kier molecular flexibility index (Phi) is 3.20. The number of aromatic nitrogens is 1. The quantitative estimate of drug-likeness (QED) is 0.766. The Balaban J connectivity index is 2.02. The summed E-state index contributed by atoms with van der Waals surface area (Å²) in [5.41, 5.74) is 2.64. The van der Waals surface area contributed by atoms with E-state index in [1.807, 2.05) is 30.3 Å². The van der Waals surface area contributed by atoms with Crippen molar-refractivity contribution in [3.8, 4) is 0 Å². The maximum Gasteiger partial charge on any atom is 0.126 e. The lowest BCUT2D eigenvalue weighted by Gasteiger charge is -2.13. The normalized spacial score (nSPS) is 12.6. The van der Waals surface area contributed by atoms with E-state index in [0.29, 0.717) is 16.7 Å². The average Bonchev–Trinajstić information content (AvgIpc) is 2.49. The first-order valence-corrected chi connectivity index (χ1v) is 6.44. The topological polar surface area (TPSA) is 33.1 Å². The van der Waals surface area contributed by atoms with Crippen LogP contribution in [0.4, 0.5) is 4.39 Å². The molecule has 1 N–H and O–H groups in total. The molecule has 0 bridgehead atoms. The molecule has 1 heterocycles. The molecule has 0 saturated carbocycles. The minimum atomic E-state index is -0.850. The Bertz CT molecular complexity index is 770. The van der Waals surface area contributed by atoms with E-state index in [1.54, 1.807) is 25.3 Å². The van der Waals surface area contributed by atoms with Crippen LogP contribution in [-0.2, 0) is 0 Å². The molecule has 1 aromatic heterocycles. The van der Waals surface area contributed by atoms with E-state index in [4.69, 9.17) is 0 Å². The van der Waals surface area contributed by atoms with Gasteiger partial charge in [-0.25, -0.2) is 4.39 Å². The van der Waals surface area contributed by atoms with Gasteiger partial charge in [0, 0.05) is 11.6 Å². The first-order valence-electron chi connectivity index (χ1n) is 6.44. The molecule has 0 saturated heterocycles. The summed E-state index contributed by atoms with van der Waals surface area (Å²) in [5.74, 6) is -0.305. The van der Waals surface area contributed by atoms with Crippen molar-refractivity contribution in [1.82, 2.24) is 4.98 Å². The van der Waals surface area contributed by atoms with Gasteiger partial charge in [-0.2, -0.15) is 0 Å². The molecular weight excluding hydrogens is 253 g/mol. The highest BCUT2D eigenvalue weighted by molar-refractivity contribution is 5.79. The summed E-state index contributed by atoms with van der Waals surface area (Å²) in [7, 11) is 0. The Hall–Kier alpha value is -2.26. The molecule has 2 nitrogen and oxygen atoms in total. The number of hydrogen-bond donors (Lipinski definition) is 1. The van der Waals surface area contributed by atoms with Crippen molar-refractivity contribution in [2.24, 2.45) is 0 Å². The standard InChI is InChI=1S/C17H14FNO/c1-11-4-5-13(9-15(11)18)17(20)14-7-6-12-3-2-8-19-16(12)10-14/h2-10,17,20H,1H3. The molecule has 0 spiro atoms. The van der Waals surface area contributed by atoms with Gasteiger partial charge in [-0.3, -0.25) is 4.98 Å². The molecule has 2 aromatic carbocycles. The Morgan fingerprint density at radius 2 is 1.80 bits per heavy atom. The Morgan fingerprint density at radius 3 is 2.60 bits per heavy atom. The summed E-state index contributed by atoms with van der Waals surface area (Å²) >= 11 is 0. The number of aliphatic hydroxyl groups excluding tert-OH is 1. The molecule has 0 aliphatic rings. The summed E-state index contributed by atoms with van der Waals surface area (Å²) in [6, 6.07) is 14.2. The molecule has 0 aliphatic heterocycles. The highest BCUT2D eigenvalue weighted by atomic mass is 19.1. The molecule has 1 unspecified atom stereocenters. The van der Waals surface area contributed by atoms with E-state index in [-0.39, 0.29) is 5.82 Å². The monoisotopic (exact) mass is 267 g/mol. The number of nitrogens with zero attached hydrogens (tertiary/aromatic N) is 1. The summed E-state index contributed by atoms with van der Waals surface area (Å²) in [6.45, 7) is 1.70. The number of fused-ring (bicyclic) bond motifs is 1. The van der Waals surface area contributed by atoms with Crippen LogP contribution in [0.2, 0.25) is 0 Å². The predicted molar refractivity (Wildman–Crippen MR) is 76.9 cm³/mol. The Labute approximate surface area is 116 Å². The molecule has 3 rings (SSSR count). The highest BCUT2D eigenvalue weighted by Gasteiger charge is 2.12. The zero-order valence-corrected chi connectivity index (χ0v) is 11.0. The second kappa shape index (κ2) is 5.02. The Morgan fingerprint density at radius 1 is 1.05 bits per heavy atom.